The number of nitrogens with two attached hydrogens (primary N) is 1. The molecule has 1 aromatic heterocycles. The predicted molar refractivity (Wildman–Crippen MR) is 92.2 cm³/mol. The number of hydrogen-bond donors (Lipinski definition) is 1. The molecule has 1 heterocycles. The summed E-state index contributed by atoms with van der Waals surface area (Å²) in [6.45, 7) is 6.72. The minimum absolute atomic E-state index is 0.124. The van der Waals surface area contributed by atoms with Crippen molar-refractivity contribution < 1.29 is 0 Å². The second-order valence-electron chi connectivity index (χ2n) is 6.77. The van der Waals surface area contributed by atoms with E-state index in [1.807, 2.05) is 6.07 Å². The monoisotopic (exact) mass is 366 g/mol. The summed E-state index contributed by atoms with van der Waals surface area (Å²) in [6, 6.07) is 8.42. The van der Waals surface area contributed by atoms with Gasteiger partial charge in [-0.15, -0.1) is 0 Å². The fraction of sp³-hybridized carbons (Fsp3) is 0.412. The first-order valence-electron chi connectivity index (χ1n) is 7.21. The second-order valence-corrected chi connectivity index (χ2v) is 8.03. The summed E-state index contributed by atoms with van der Waals surface area (Å²) in [5.41, 5.74) is 11.6. The van der Waals surface area contributed by atoms with Gasteiger partial charge in [0.1, 0.15) is 0 Å². The highest BCUT2D eigenvalue weighted by Gasteiger charge is 2.33. The molecule has 4 heteroatoms. The first-order chi connectivity index (χ1) is 9.78. The number of aromatic nitrogens is 1. The lowest BCUT2D eigenvalue weighted by molar-refractivity contribution is 0.278. The molecular weight excluding hydrogens is 348 g/mol. The molecule has 21 heavy (non-hydrogen) atoms. The molecule has 3 rings (SSSR count). The molecule has 1 aliphatic carbocycles. The van der Waals surface area contributed by atoms with Crippen LogP contribution >= 0.6 is 27.5 Å². The highest BCUT2D eigenvalue weighted by molar-refractivity contribution is 9.10. The van der Waals surface area contributed by atoms with Gasteiger partial charge in [-0.25, -0.2) is 0 Å². The molecule has 1 aliphatic rings. The molecule has 0 saturated carbocycles. The average molecular weight is 368 g/mol. The standard InChI is InChI=1S/C17H20BrClN2/c1-10-6-12-15(20)8-17(2,3)9-16(12)21(10)11-4-5-14(19)13(18)7-11/h4-7,15H,8-9,20H2,1-3H3. The number of halogens is 2. The van der Waals surface area contributed by atoms with Crippen molar-refractivity contribution in [2.45, 2.75) is 39.7 Å². The Balaban J connectivity index is 2.18. The van der Waals surface area contributed by atoms with Crippen LogP contribution in [0.3, 0.4) is 0 Å². The summed E-state index contributed by atoms with van der Waals surface area (Å²) in [5, 5.41) is 0.731. The minimum atomic E-state index is 0.124. The van der Waals surface area contributed by atoms with Gasteiger partial charge in [-0.3, -0.25) is 0 Å². The van der Waals surface area contributed by atoms with Gasteiger partial charge in [-0.05, 0) is 70.9 Å². The number of nitrogens with zero attached hydrogens (tertiary/aromatic N) is 1. The smallest absolute Gasteiger partial charge is 0.0549 e. The van der Waals surface area contributed by atoms with Crippen LogP contribution in [0.4, 0.5) is 0 Å². The fourth-order valence-corrected chi connectivity index (χ4v) is 3.92. The van der Waals surface area contributed by atoms with Crippen LogP contribution in [0.15, 0.2) is 28.7 Å². The fourth-order valence-electron chi connectivity index (χ4n) is 3.43. The molecule has 0 saturated heterocycles. The third-order valence-electron chi connectivity index (χ3n) is 4.30. The third-order valence-corrected chi connectivity index (χ3v) is 5.51. The molecular formula is C17H20BrClN2. The molecule has 1 atom stereocenters. The highest BCUT2D eigenvalue weighted by Crippen LogP contribution is 2.42. The van der Waals surface area contributed by atoms with E-state index in [4.69, 9.17) is 17.3 Å². The zero-order valence-corrected chi connectivity index (χ0v) is 14.9. The van der Waals surface area contributed by atoms with E-state index in [0.29, 0.717) is 0 Å². The molecule has 0 spiro atoms. The van der Waals surface area contributed by atoms with Crippen molar-refractivity contribution >= 4 is 27.5 Å². The maximum Gasteiger partial charge on any atom is 0.0549 e. The van der Waals surface area contributed by atoms with Gasteiger partial charge in [-0.2, -0.15) is 0 Å². The molecule has 0 bridgehead atoms. The van der Waals surface area contributed by atoms with Crippen molar-refractivity contribution in [2.75, 3.05) is 0 Å². The Morgan fingerprint density at radius 1 is 1.33 bits per heavy atom. The maximum absolute atomic E-state index is 6.39. The third kappa shape index (κ3) is 2.67. The first-order valence-corrected chi connectivity index (χ1v) is 8.38. The molecule has 2 N–H and O–H groups in total. The number of fused-ring (bicyclic) bond motifs is 1. The van der Waals surface area contributed by atoms with E-state index in [2.05, 4.69) is 59.5 Å². The van der Waals surface area contributed by atoms with Gasteiger partial charge < -0.3 is 10.3 Å². The van der Waals surface area contributed by atoms with Crippen LogP contribution in [-0.2, 0) is 6.42 Å². The van der Waals surface area contributed by atoms with Crippen LogP contribution in [-0.4, -0.2) is 4.57 Å². The lowest BCUT2D eigenvalue weighted by atomic mass is 9.74. The molecule has 2 nitrogen and oxygen atoms in total. The van der Waals surface area contributed by atoms with E-state index in [1.54, 1.807) is 0 Å². The van der Waals surface area contributed by atoms with Crippen LogP contribution in [0.5, 0.6) is 0 Å². The van der Waals surface area contributed by atoms with E-state index in [-0.39, 0.29) is 11.5 Å². The second kappa shape index (κ2) is 5.15. The molecule has 0 fully saturated rings. The van der Waals surface area contributed by atoms with Crippen LogP contribution in [0, 0.1) is 12.3 Å². The van der Waals surface area contributed by atoms with Crippen molar-refractivity contribution in [3.05, 3.63) is 50.7 Å². The SMILES string of the molecule is Cc1cc2c(n1-c1ccc(Cl)c(Br)c1)CC(C)(C)CC2N. The van der Waals surface area contributed by atoms with Crippen LogP contribution in [0.2, 0.25) is 5.02 Å². The molecule has 1 aromatic carbocycles. The van der Waals surface area contributed by atoms with Gasteiger partial charge in [0.15, 0.2) is 0 Å². The van der Waals surface area contributed by atoms with Crippen molar-refractivity contribution in [3.63, 3.8) is 0 Å². The first kappa shape index (κ1) is 15.1. The van der Waals surface area contributed by atoms with Gasteiger partial charge in [0.25, 0.3) is 0 Å². The Hall–Kier alpha value is -0.770. The summed E-state index contributed by atoms with van der Waals surface area (Å²) in [4.78, 5) is 0. The van der Waals surface area contributed by atoms with E-state index < -0.39 is 0 Å². The molecule has 0 radical (unpaired) electrons. The normalized spacial score (nSPS) is 20.4. The molecule has 1 unspecified atom stereocenters. The summed E-state index contributed by atoms with van der Waals surface area (Å²) in [7, 11) is 0. The Morgan fingerprint density at radius 3 is 2.71 bits per heavy atom. The molecule has 0 amide bonds. The Labute approximate surface area is 139 Å². The lowest BCUT2D eigenvalue weighted by Crippen LogP contribution is -2.30. The molecule has 112 valence electrons. The van der Waals surface area contributed by atoms with E-state index in [1.165, 1.54) is 17.0 Å². The van der Waals surface area contributed by atoms with Gasteiger partial charge in [0.05, 0.1) is 5.02 Å². The number of aryl methyl sites for hydroxylation is 1. The van der Waals surface area contributed by atoms with E-state index >= 15 is 0 Å². The number of rotatable bonds is 1. The van der Waals surface area contributed by atoms with Gasteiger partial charge in [0.2, 0.25) is 0 Å². The van der Waals surface area contributed by atoms with Crippen molar-refractivity contribution in [2.24, 2.45) is 11.1 Å². The number of hydrogen-bond acceptors (Lipinski definition) is 1. The maximum atomic E-state index is 6.39. The van der Waals surface area contributed by atoms with Crippen LogP contribution < -0.4 is 5.73 Å². The van der Waals surface area contributed by atoms with Crippen molar-refractivity contribution in [3.8, 4) is 5.69 Å². The van der Waals surface area contributed by atoms with Crippen molar-refractivity contribution in [1.82, 2.24) is 4.57 Å². The zero-order valence-electron chi connectivity index (χ0n) is 12.6. The topological polar surface area (TPSA) is 30.9 Å². The lowest BCUT2D eigenvalue weighted by Gasteiger charge is -2.34. The Morgan fingerprint density at radius 2 is 2.05 bits per heavy atom. The average Bonchev–Trinajstić information content (AvgIpc) is 2.68. The number of benzene rings is 1. The van der Waals surface area contributed by atoms with Gasteiger partial charge in [-0.1, -0.05) is 25.4 Å². The molecule has 0 aliphatic heterocycles. The van der Waals surface area contributed by atoms with Crippen molar-refractivity contribution in [1.29, 1.82) is 0 Å². The predicted octanol–water partition coefficient (Wildman–Crippen LogP) is 5.17. The zero-order chi connectivity index (χ0) is 15.4. The van der Waals surface area contributed by atoms with Crippen LogP contribution in [0.1, 0.15) is 43.3 Å². The minimum Gasteiger partial charge on any atom is -0.324 e. The van der Waals surface area contributed by atoms with Crippen LogP contribution in [0.25, 0.3) is 5.69 Å². The Bertz CT molecular complexity index is 703. The van der Waals surface area contributed by atoms with E-state index in [0.717, 1.165) is 28.0 Å². The summed E-state index contributed by atoms with van der Waals surface area (Å²) in [6.07, 6.45) is 2.08. The largest absolute Gasteiger partial charge is 0.324 e. The van der Waals surface area contributed by atoms with Gasteiger partial charge >= 0.3 is 0 Å². The summed E-state index contributed by atoms with van der Waals surface area (Å²) in [5.74, 6) is 0. The van der Waals surface area contributed by atoms with Gasteiger partial charge in [0, 0.05) is 27.6 Å². The summed E-state index contributed by atoms with van der Waals surface area (Å²) >= 11 is 9.63. The Kier molecular flexibility index (Phi) is 3.71. The molecule has 2 aromatic rings. The quantitative estimate of drug-likeness (QED) is 0.740. The highest BCUT2D eigenvalue weighted by atomic mass is 79.9. The van der Waals surface area contributed by atoms with E-state index in [9.17, 15) is 0 Å². The summed E-state index contributed by atoms with van der Waals surface area (Å²) < 4.78 is 3.24.